The van der Waals surface area contributed by atoms with Crippen molar-refractivity contribution in [2.75, 3.05) is 0 Å². The molecule has 2 rings (SSSR count). The third kappa shape index (κ3) is 2.97. The molecule has 0 aliphatic carbocycles. The van der Waals surface area contributed by atoms with Crippen LogP contribution in [0.3, 0.4) is 0 Å². The molecule has 7 nitrogen and oxygen atoms in total. The molecule has 0 saturated heterocycles. The largest absolute Gasteiger partial charge is 0.328 e. The number of rotatable bonds is 3. The zero-order chi connectivity index (χ0) is 14.0. The van der Waals surface area contributed by atoms with E-state index in [1.54, 1.807) is 12.1 Å². The summed E-state index contributed by atoms with van der Waals surface area (Å²) in [4.78, 5) is 34.9. The Morgan fingerprint density at radius 2 is 1.89 bits per heavy atom. The smallest absolute Gasteiger partial charge is 0.295 e. The van der Waals surface area contributed by atoms with E-state index in [-0.39, 0.29) is 16.7 Å². The standard InChI is InChI=1S/C11H8BrN3O4/c12-9-6-14(11(17)13-10(9)16)5-7-1-3-8(4-2-7)15(18)19/h1-4,6H,5H2,(H,13,16,17). The Labute approximate surface area is 114 Å². The van der Waals surface area contributed by atoms with E-state index in [0.717, 1.165) is 0 Å². The Balaban J connectivity index is 2.31. The summed E-state index contributed by atoms with van der Waals surface area (Å²) in [6.45, 7) is 0.214. The second-order valence-electron chi connectivity index (χ2n) is 3.79. The van der Waals surface area contributed by atoms with Gasteiger partial charge in [0.2, 0.25) is 0 Å². The van der Waals surface area contributed by atoms with Gasteiger partial charge in [0.05, 0.1) is 15.9 Å². The van der Waals surface area contributed by atoms with Gasteiger partial charge >= 0.3 is 5.69 Å². The summed E-state index contributed by atoms with van der Waals surface area (Å²) < 4.78 is 1.54. The summed E-state index contributed by atoms with van der Waals surface area (Å²) in [5, 5.41) is 10.5. The molecule has 1 aromatic carbocycles. The van der Waals surface area contributed by atoms with Gasteiger partial charge in [-0.1, -0.05) is 12.1 Å². The van der Waals surface area contributed by atoms with Gasteiger partial charge in [-0.05, 0) is 21.5 Å². The predicted octanol–water partition coefficient (Wildman–Crippen LogP) is 1.26. The van der Waals surface area contributed by atoms with Crippen molar-refractivity contribution in [2.45, 2.75) is 6.54 Å². The van der Waals surface area contributed by atoms with Crippen molar-refractivity contribution >= 4 is 21.6 Å². The van der Waals surface area contributed by atoms with E-state index in [4.69, 9.17) is 0 Å². The van der Waals surface area contributed by atoms with E-state index < -0.39 is 16.2 Å². The molecule has 0 atom stereocenters. The number of nitrogens with zero attached hydrogens (tertiary/aromatic N) is 2. The van der Waals surface area contributed by atoms with Crippen LogP contribution >= 0.6 is 15.9 Å². The molecule has 1 aromatic heterocycles. The van der Waals surface area contributed by atoms with Crippen LogP contribution < -0.4 is 11.2 Å². The van der Waals surface area contributed by atoms with E-state index in [2.05, 4.69) is 20.9 Å². The average molecular weight is 326 g/mol. The summed E-state index contributed by atoms with van der Waals surface area (Å²) in [7, 11) is 0. The molecule has 0 radical (unpaired) electrons. The third-order valence-electron chi connectivity index (χ3n) is 2.47. The van der Waals surface area contributed by atoms with E-state index in [1.807, 2.05) is 0 Å². The third-order valence-corrected chi connectivity index (χ3v) is 3.03. The number of aromatic amines is 1. The minimum absolute atomic E-state index is 0.0150. The van der Waals surface area contributed by atoms with Gasteiger partial charge < -0.3 is 0 Å². The van der Waals surface area contributed by atoms with Gasteiger partial charge in [0.25, 0.3) is 11.2 Å². The average Bonchev–Trinajstić information content (AvgIpc) is 2.36. The predicted molar refractivity (Wildman–Crippen MR) is 71.2 cm³/mol. The number of nitro benzene ring substituents is 1. The lowest BCUT2D eigenvalue weighted by Crippen LogP contribution is -2.30. The molecule has 1 N–H and O–H groups in total. The lowest BCUT2D eigenvalue weighted by Gasteiger charge is -2.05. The van der Waals surface area contributed by atoms with Crippen molar-refractivity contribution < 1.29 is 4.92 Å². The topological polar surface area (TPSA) is 98.0 Å². The Morgan fingerprint density at radius 3 is 2.47 bits per heavy atom. The fourth-order valence-corrected chi connectivity index (χ4v) is 1.87. The number of nitrogens with one attached hydrogen (secondary N) is 1. The first kappa shape index (κ1) is 13.2. The summed E-state index contributed by atoms with van der Waals surface area (Å²) in [6.07, 6.45) is 1.38. The molecule has 0 saturated carbocycles. The minimum Gasteiger partial charge on any atom is -0.295 e. The van der Waals surface area contributed by atoms with Gasteiger partial charge in [0.15, 0.2) is 0 Å². The zero-order valence-electron chi connectivity index (χ0n) is 9.50. The summed E-state index contributed by atoms with van der Waals surface area (Å²) in [5.41, 5.74) is -0.332. The number of nitro groups is 1. The Morgan fingerprint density at radius 1 is 1.26 bits per heavy atom. The highest BCUT2D eigenvalue weighted by Gasteiger charge is 2.06. The highest BCUT2D eigenvalue weighted by atomic mass is 79.9. The molecular weight excluding hydrogens is 318 g/mol. The monoisotopic (exact) mass is 325 g/mol. The second kappa shape index (κ2) is 5.19. The highest BCUT2D eigenvalue weighted by molar-refractivity contribution is 9.10. The van der Waals surface area contributed by atoms with Gasteiger partial charge in [-0.2, -0.15) is 0 Å². The van der Waals surface area contributed by atoms with Crippen molar-refractivity contribution in [3.63, 3.8) is 0 Å². The van der Waals surface area contributed by atoms with Crippen LogP contribution in [0.4, 0.5) is 5.69 Å². The molecule has 0 bridgehead atoms. The lowest BCUT2D eigenvalue weighted by atomic mass is 10.2. The van der Waals surface area contributed by atoms with Gasteiger partial charge in [-0.3, -0.25) is 24.5 Å². The number of H-pyrrole nitrogens is 1. The van der Waals surface area contributed by atoms with Crippen molar-refractivity contribution in [2.24, 2.45) is 0 Å². The normalized spacial score (nSPS) is 10.4. The fraction of sp³-hybridized carbons (Fsp3) is 0.0909. The minimum atomic E-state index is -0.536. The molecule has 19 heavy (non-hydrogen) atoms. The number of non-ortho nitro benzene ring substituents is 1. The second-order valence-corrected chi connectivity index (χ2v) is 4.64. The molecular formula is C11H8BrN3O4. The molecule has 0 aliphatic heterocycles. The van der Waals surface area contributed by atoms with Gasteiger partial charge in [-0.15, -0.1) is 0 Å². The maximum atomic E-state index is 11.6. The molecule has 8 heteroatoms. The van der Waals surface area contributed by atoms with E-state index >= 15 is 0 Å². The van der Waals surface area contributed by atoms with Gasteiger partial charge in [0.1, 0.15) is 0 Å². The van der Waals surface area contributed by atoms with Crippen molar-refractivity contribution in [1.29, 1.82) is 0 Å². The molecule has 0 aliphatic rings. The molecule has 0 amide bonds. The number of hydrogen-bond donors (Lipinski definition) is 1. The molecule has 2 aromatic rings. The number of halogens is 1. The summed E-state index contributed by atoms with van der Waals surface area (Å²) in [5.74, 6) is 0. The molecule has 1 heterocycles. The van der Waals surface area contributed by atoms with Crippen LogP contribution in [-0.2, 0) is 6.54 Å². The lowest BCUT2D eigenvalue weighted by molar-refractivity contribution is -0.384. The molecule has 0 fully saturated rings. The SMILES string of the molecule is O=c1[nH]c(=O)n(Cc2ccc([N+](=O)[O-])cc2)cc1Br. The first-order chi connectivity index (χ1) is 8.97. The summed E-state index contributed by atoms with van der Waals surface area (Å²) >= 11 is 3.03. The Hall–Kier alpha value is -2.22. The van der Waals surface area contributed by atoms with Gasteiger partial charge in [-0.25, -0.2) is 4.79 Å². The van der Waals surface area contributed by atoms with Crippen LogP contribution in [0.1, 0.15) is 5.56 Å². The molecule has 0 unspecified atom stereocenters. The number of hydrogen-bond acceptors (Lipinski definition) is 4. The van der Waals surface area contributed by atoms with Crippen LogP contribution in [0.25, 0.3) is 0 Å². The fourth-order valence-electron chi connectivity index (χ4n) is 1.52. The van der Waals surface area contributed by atoms with Crippen LogP contribution in [-0.4, -0.2) is 14.5 Å². The van der Waals surface area contributed by atoms with Crippen molar-refractivity contribution in [3.8, 4) is 0 Å². The Kier molecular flexibility index (Phi) is 3.61. The number of benzene rings is 1. The van der Waals surface area contributed by atoms with Crippen LogP contribution in [0.15, 0.2) is 44.5 Å². The maximum Gasteiger partial charge on any atom is 0.328 e. The van der Waals surface area contributed by atoms with Crippen LogP contribution in [0.5, 0.6) is 0 Å². The maximum absolute atomic E-state index is 11.6. The molecule has 0 spiro atoms. The quantitative estimate of drug-likeness (QED) is 0.678. The van der Waals surface area contributed by atoms with E-state index in [0.29, 0.717) is 5.56 Å². The number of aromatic nitrogens is 2. The van der Waals surface area contributed by atoms with Crippen LogP contribution in [0, 0.1) is 10.1 Å². The highest BCUT2D eigenvalue weighted by Crippen LogP contribution is 2.12. The van der Waals surface area contributed by atoms with Crippen LogP contribution in [0.2, 0.25) is 0 Å². The Bertz CT molecular complexity index is 733. The first-order valence-corrected chi connectivity index (χ1v) is 5.99. The van der Waals surface area contributed by atoms with Crippen molar-refractivity contribution in [1.82, 2.24) is 9.55 Å². The van der Waals surface area contributed by atoms with Crippen molar-refractivity contribution in [3.05, 3.63) is 71.5 Å². The van der Waals surface area contributed by atoms with E-state index in [9.17, 15) is 19.7 Å². The zero-order valence-corrected chi connectivity index (χ0v) is 11.1. The molecule has 98 valence electrons. The summed E-state index contributed by atoms with van der Waals surface area (Å²) in [6, 6.07) is 5.84. The first-order valence-electron chi connectivity index (χ1n) is 5.20. The van der Waals surface area contributed by atoms with E-state index in [1.165, 1.54) is 22.9 Å². The van der Waals surface area contributed by atoms with Gasteiger partial charge in [0, 0.05) is 18.3 Å².